The highest BCUT2D eigenvalue weighted by molar-refractivity contribution is 5.77. The molecule has 4 nitrogen and oxygen atoms in total. The first-order valence-electron chi connectivity index (χ1n) is 9.37. The summed E-state index contributed by atoms with van der Waals surface area (Å²) < 4.78 is 0. The zero-order chi connectivity index (χ0) is 17.1. The van der Waals surface area contributed by atoms with E-state index in [1.807, 2.05) is 12.3 Å². The van der Waals surface area contributed by atoms with Crippen molar-refractivity contribution in [3.8, 4) is 0 Å². The van der Waals surface area contributed by atoms with Crippen molar-refractivity contribution in [1.29, 1.82) is 0 Å². The Morgan fingerprint density at radius 3 is 2.72 bits per heavy atom. The summed E-state index contributed by atoms with van der Waals surface area (Å²) in [7, 11) is 0. The Kier molecular flexibility index (Phi) is 4.79. The van der Waals surface area contributed by atoms with Crippen LogP contribution in [0, 0.1) is 0 Å². The van der Waals surface area contributed by atoms with Gasteiger partial charge in [0.25, 0.3) is 0 Å². The summed E-state index contributed by atoms with van der Waals surface area (Å²) in [4.78, 5) is 6.95. The van der Waals surface area contributed by atoms with E-state index in [1.54, 1.807) is 0 Å². The van der Waals surface area contributed by atoms with E-state index in [4.69, 9.17) is 0 Å². The standard InChI is InChI=1S/C21H26N4/c1-16(17-6-3-2-4-7-17)9-13-25-14-10-18(11-15-25)20-19-8-5-12-22-21(19)24-23-20/h2-8,12,16,18H,9-11,13-15H2,1H3,(H,22,23,24)/t16-/m0/s1. The summed E-state index contributed by atoms with van der Waals surface area (Å²) in [6.07, 6.45) is 5.44. The van der Waals surface area contributed by atoms with Gasteiger partial charge in [-0.15, -0.1) is 0 Å². The summed E-state index contributed by atoms with van der Waals surface area (Å²) in [5.74, 6) is 1.21. The van der Waals surface area contributed by atoms with Crippen molar-refractivity contribution in [2.24, 2.45) is 0 Å². The largest absolute Gasteiger partial charge is 0.303 e. The van der Waals surface area contributed by atoms with Crippen LogP contribution in [0.1, 0.15) is 49.3 Å². The quantitative estimate of drug-likeness (QED) is 0.755. The highest BCUT2D eigenvalue weighted by atomic mass is 15.2. The van der Waals surface area contributed by atoms with Gasteiger partial charge >= 0.3 is 0 Å². The maximum Gasteiger partial charge on any atom is 0.181 e. The van der Waals surface area contributed by atoms with Crippen LogP contribution in [-0.4, -0.2) is 39.7 Å². The first-order chi connectivity index (χ1) is 12.3. The second-order valence-corrected chi connectivity index (χ2v) is 7.23. The zero-order valence-corrected chi connectivity index (χ0v) is 14.9. The summed E-state index contributed by atoms with van der Waals surface area (Å²) >= 11 is 0. The number of pyridine rings is 1. The molecule has 0 aliphatic carbocycles. The highest BCUT2D eigenvalue weighted by Gasteiger charge is 2.24. The summed E-state index contributed by atoms with van der Waals surface area (Å²) in [6, 6.07) is 15.0. The van der Waals surface area contributed by atoms with Crippen LogP contribution < -0.4 is 0 Å². The minimum Gasteiger partial charge on any atom is -0.303 e. The molecule has 4 rings (SSSR count). The lowest BCUT2D eigenvalue weighted by molar-refractivity contribution is 0.205. The molecule has 25 heavy (non-hydrogen) atoms. The average molecular weight is 334 g/mol. The van der Waals surface area contributed by atoms with E-state index in [-0.39, 0.29) is 0 Å². The molecule has 3 aromatic rings. The SMILES string of the molecule is C[C@@H](CCN1CCC(c2[nH]nc3ncccc23)CC1)c1ccccc1. The molecule has 0 amide bonds. The van der Waals surface area contributed by atoms with Crippen LogP contribution in [0.2, 0.25) is 0 Å². The van der Waals surface area contributed by atoms with E-state index in [9.17, 15) is 0 Å². The van der Waals surface area contributed by atoms with E-state index >= 15 is 0 Å². The van der Waals surface area contributed by atoms with Crippen molar-refractivity contribution in [3.05, 3.63) is 59.9 Å². The number of aromatic nitrogens is 3. The second-order valence-electron chi connectivity index (χ2n) is 7.23. The van der Waals surface area contributed by atoms with Gasteiger partial charge in [-0.05, 0) is 62.5 Å². The fraction of sp³-hybridized carbons (Fsp3) is 0.429. The monoisotopic (exact) mass is 334 g/mol. The van der Waals surface area contributed by atoms with Crippen molar-refractivity contribution in [2.45, 2.75) is 38.0 Å². The number of aromatic amines is 1. The van der Waals surface area contributed by atoms with E-state index in [2.05, 4.69) is 63.4 Å². The molecule has 1 fully saturated rings. The van der Waals surface area contributed by atoms with Crippen LogP contribution in [0.4, 0.5) is 0 Å². The lowest BCUT2D eigenvalue weighted by atomic mass is 9.91. The molecule has 0 unspecified atom stereocenters. The Bertz CT molecular complexity index is 803. The van der Waals surface area contributed by atoms with Crippen molar-refractivity contribution < 1.29 is 0 Å². The summed E-state index contributed by atoms with van der Waals surface area (Å²) in [6.45, 7) is 5.87. The Hall–Kier alpha value is -2.20. The van der Waals surface area contributed by atoms with Gasteiger partial charge in [0.2, 0.25) is 0 Å². The maximum absolute atomic E-state index is 4.36. The Morgan fingerprint density at radius 2 is 1.92 bits per heavy atom. The van der Waals surface area contributed by atoms with Crippen molar-refractivity contribution in [3.63, 3.8) is 0 Å². The fourth-order valence-electron chi connectivity index (χ4n) is 3.95. The average Bonchev–Trinajstić information content (AvgIpc) is 3.11. The van der Waals surface area contributed by atoms with Crippen molar-refractivity contribution >= 4 is 11.0 Å². The third-order valence-electron chi connectivity index (χ3n) is 5.60. The zero-order valence-electron chi connectivity index (χ0n) is 14.9. The maximum atomic E-state index is 4.36. The van der Waals surface area contributed by atoms with Gasteiger partial charge in [0.1, 0.15) is 0 Å². The lowest BCUT2D eigenvalue weighted by Gasteiger charge is -2.32. The molecule has 1 saturated heterocycles. The number of likely N-dealkylation sites (tertiary alicyclic amines) is 1. The normalized spacial score (nSPS) is 17.8. The van der Waals surface area contributed by atoms with E-state index in [0.717, 1.165) is 5.65 Å². The van der Waals surface area contributed by atoms with Crippen LogP contribution in [-0.2, 0) is 0 Å². The number of piperidine rings is 1. The first kappa shape index (κ1) is 16.3. The third kappa shape index (κ3) is 3.59. The molecule has 0 saturated carbocycles. The molecule has 1 N–H and O–H groups in total. The highest BCUT2D eigenvalue weighted by Crippen LogP contribution is 2.31. The summed E-state index contributed by atoms with van der Waals surface area (Å²) in [5, 5.41) is 8.79. The van der Waals surface area contributed by atoms with Crippen LogP contribution in [0.5, 0.6) is 0 Å². The molecule has 130 valence electrons. The number of hydrogen-bond donors (Lipinski definition) is 1. The predicted molar refractivity (Wildman–Crippen MR) is 102 cm³/mol. The lowest BCUT2D eigenvalue weighted by Crippen LogP contribution is -2.34. The molecule has 1 aliphatic rings. The molecule has 4 heteroatoms. The molecule has 0 bridgehead atoms. The molecule has 0 radical (unpaired) electrons. The number of nitrogens with zero attached hydrogens (tertiary/aromatic N) is 3. The van der Waals surface area contributed by atoms with Gasteiger partial charge in [0.15, 0.2) is 5.65 Å². The molecule has 2 aromatic heterocycles. The van der Waals surface area contributed by atoms with Crippen LogP contribution in [0.25, 0.3) is 11.0 Å². The van der Waals surface area contributed by atoms with Crippen LogP contribution in [0.3, 0.4) is 0 Å². The van der Waals surface area contributed by atoms with Crippen LogP contribution >= 0.6 is 0 Å². The number of hydrogen-bond acceptors (Lipinski definition) is 3. The molecule has 1 aliphatic heterocycles. The van der Waals surface area contributed by atoms with Gasteiger partial charge in [0.05, 0.1) is 0 Å². The molecule has 3 heterocycles. The molecular formula is C21H26N4. The van der Waals surface area contributed by atoms with Crippen molar-refractivity contribution in [1.82, 2.24) is 20.1 Å². The summed E-state index contributed by atoms with van der Waals surface area (Å²) in [5.41, 5.74) is 3.57. The predicted octanol–water partition coefficient (Wildman–Crippen LogP) is 4.33. The molecule has 1 aromatic carbocycles. The Morgan fingerprint density at radius 1 is 1.12 bits per heavy atom. The van der Waals surface area contributed by atoms with Gasteiger partial charge in [-0.1, -0.05) is 37.3 Å². The topological polar surface area (TPSA) is 44.8 Å². The van der Waals surface area contributed by atoms with Gasteiger partial charge in [-0.2, -0.15) is 5.10 Å². The number of fused-ring (bicyclic) bond motifs is 1. The third-order valence-corrected chi connectivity index (χ3v) is 5.60. The fourth-order valence-corrected chi connectivity index (χ4v) is 3.95. The van der Waals surface area contributed by atoms with Crippen LogP contribution in [0.15, 0.2) is 48.7 Å². The number of benzene rings is 1. The van der Waals surface area contributed by atoms with E-state index in [1.165, 1.54) is 55.5 Å². The minimum atomic E-state index is 0.581. The van der Waals surface area contributed by atoms with Gasteiger partial charge in [-0.3, -0.25) is 5.10 Å². The molecular weight excluding hydrogens is 308 g/mol. The van der Waals surface area contributed by atoms with Gasteiger partial charge in [0, 0.05) is 23.2 Å². The molecule has 0 spiro atoms. The van der Waals surface area contributed by atoms with E-state index < -0.39 is 0 Å². The van der Waals surface area contributed by atoms with Gasteiger partial charge in [-0.25, -0.2) is 4.98 Å². The van der Waals surface area contributed by atoms with Gasteiger partial charge < -0.3 is 4.90 Å². The smallest absolute Gasteiger partial charge is 0.181 e. The number of rotatable bonds is 5. The van der Waals surface area contributed by atoms with E-state index in [0.29, 0.717) is 11.8 Å². The number of H-pyrrole nitrogens is 1. The Balaban J connectivity index is 1.31. The second kappa shape index (κ2) is 7.36. The minimum absolute atomic E-state index is 0.581. The Labute approximate surface area is 149 Å². The van der Waals surface area contributed by atoms with Crippen molar-refractivity contribution in [2.75, 3.05) is 19.6 Å². The first-order valence-corrected chi connectivity index (χ1v) is 9.37. The number of nitrogens with one attached hydrogen (secondary N) is 1. The molecule has 1 atom stereocenters.